The van der Waals surface area contributed by atoms with Crippen LogP contribution in [0.1, 0.15) is 36.3 Å². The molecule has 4 nitrogen and oxygen atoms in total. The molecule has 4 heteroatoms. The molecule has 26 heavy (non-hydrogen) atoms. The number of amides is 2. The van der Waals surface area contributed by atoms with Gasteiger partial charge in [0.1, 0.15) is 0 Å². The Bertz CT molecular complexity index is 786. The number of likely N-dealkylation sites (tertiary alicyclic amines) is 1. The van der Waals surface area contributed by atoms with Gasteiger partial charge in [0, 0.05) is 37.7 Å². The van der Waals surface area contributed by atoms with Crippen LogP contribution in [-0.2, 0) is 16.0 Å². The largest absolute Gasteiger partial charge is 0.342 e. The minimum absolute atomic E-state index is 0.188. The fraction of sp³-hybridized carbons (Fsp3) is 0.364. The van der Waals surface area contributed by atoms with E-state index in [-0.39, 0.29) is 11.8 Å². The van der Waals surface area contributed by atoms with E-state index in [0.29, 0.717) is 18.8 Å². The highest BCUT2D eigenvalue weighted by molar-refractivity contribution is 5.95. The Morgan fingerprint density at radius 2 is 1.77 bits per heavy atom. The first kappa shape index (κ1) is 16.8. The van der Waals surface area contributed by atoms with E-state index in [9.17, 15) is 9.59 Å². The van der Waals surface area contributed by atoms with Crippen LogP contribution < -0.4 is 4.90 Å². The summed E-state index contributed by atoms with van der Waals surface area (Å²) in [7, 11) is 0. The zero-order valence-electron chi connectivity index (χ0n) is 14.9. The van der Waals surface area contributed by atoms with Crippen LogP contribution in [-0.4, -0.2) is 36.3 Å². The molecule has 0 unspecified atom stereocenters. The quantitative estimate of drug-likeness (QED) is 0.850. The number of hydrogen-bond donors (Lipinski definition) is 0. The van der Waals surface area contributed by atoms with Crippen LogP contribution in [0.15, 0.2) is 54.6 Å². The lowest BCUT2D eigenvalue weighted by Crippen LogP contribution is -2.30. The van der Waals surface area contributed by atoms with E-state index in [1.807, 2.05) is 40.1 Å². The summed E-state index contributed by atoms with van der Waals surface area (Å²) >= 11 is 0. The first-order valence-electron chi connectivity index (χ1n) is 9.43. The Balaban J connectivity index is 1.35. The molecule has 2 saturated heterocycles. The summed E-state index contributed by atoms with van der Waals surface area (Å²) < 4.78 is 0. The lowest BCUT2D eigenvalue weighted by molar-refractivity contribution is -0.129. The molecule has 1 atom stereocenters. The van der Waals surface area contributed by atoms with Crippen molar-refractivity contribution in [2.24, 2.45) is 0 Å². The molecule has 2 aliphatic rings. The third-order valence-electron chi connectivity index (χ3n) is 5.49. The standard InChI is InChI=1S/C22H24N2O2/c25-21-7-4-13-24(21)20-10-8-17(9-11-20)15-22(26)23-14-12-19(16-23)18-5-2-1-3-6-18/h1-3,5-6,8-11,19H,4,7,12-16H2/t19-/m1/s1. The minimum Gasteiger partial charge on any atom is -0.342 e. The van der Waals surface area contributed by atoms with Gasteiger partial charge in [0.2, 0.25) is 11.8 Å². The topological polar surface area (TPSA) is 40.6 Å². The highest BCUT2D eigenvalue weighted by Gasteiger charge is 2.27. The number of carbonyl (C=O) groups is 2. The van der Waals surface area contributed by atoms with E-state index < -0.39 is 0 Å². The van der Waals surface area contributed by atoms with Gasteiger partial charge in [-0.15, -0.1) is 0 Å². The molecule has 2 amide bonds. The summed E-state index contributed by atoms with van der Waals surface area (Å²) in [6, 6.07) is 18.3. The SMILES string of the molecule is O=C(Cc1ccc(N2CCCC2=O)cc1)N1CC[C@@H](c2ccccc2)C1. The summed E-state index contributed by atoms with van der Waals surface area (Å²) in [5.74, 6) is 0.829. The maximum absolute atomic E-state index is 12.6. The molecule has 0 aliphatic carbocycles. The summed E-state index contributed by atoms with van der Waals surface area (Å²) in [6.45, 7) is 2.44. The highest BCUT2D eigenvalue weighted by atomic mass is 16.2. The predicted octanol–water partition coefficient (Wildman–Crippen LogP) is 3.37. The van der Waals surface area contributed by atoms with Crippen molar-refractivity contribution in [2.75, 3.05) is 24.5 Å². The maximum atomic E-state index is 12.6. The van der Waals surface area contributed by atoms with Crippen LogP contribution in [0.5, 0.6) is 0 Å². The van der Waals surface area contributed by atoms with Crippen molar-refractivity contribution < 1.29 is 9.59 Å². The molecular formula is C22H24N2O2. The second-order valence-corrected chi connectivity index (χ2v) is 7.23. The number of rotatable bonds is 4. The smallest absolute Gasteiger partial charge is 0.227 e. The normalized spacial score (nSPS) is 20.0. The number of carbonyl (C=O) groups excluding carboxylic acids is 2. The van der Waals surface area contributed by atoms with Crippen LogP contribution in [0.2, 0.25) is 0 Å². The van der Waals surface area contributed by atoms with E-state index in [4.69, 9.17) is 0 Å². The molecule has 2 fully saturated rings. The van der Waals surface area contributed by atoms with Crippen molar-refractivity contribution in [3.63, 3.8) is 0 Å². The number of anilines is 1. The van der Waals surface area contributed by atoms with Crippen LogP contribution in [0.3, 0.4) is 0 Å². The number of benzene rings is 2. The van der Waals surface area contributed by atoms with Gasteiger partial charge in [0.15, 0.2) is 0 Å². The number of hydrogen-bond acceptors (Lipinski definition) is 2. The summed E-state index contributed by atoms with van der Waals surface area (Å²) in [5, 5.41) is 0. The average Bonchev–Trinajstić information content (AvgIpc) is 3.32. The highest BCUT2D eigenvalue weighted by Crippen LogP contribution is 2.27. The van der Waals surface area contributed by atoms with Crippen LogP contribution in [0, 0.1) is 0 Å². The lowest BCUT2D eigenvalue weighted by atomic mass is 9.99. The average molecular weight is 348 g/mol. The first-order chi connectivity index (χ1) is 12.7. The Morgan fingerprint density at radius 1 is 1.00 bits per heavy atom. The van der Waals surface area contributed by atoms with E-state index in [1.54, 1.807) is 0 Å². The maximum Gasteiger partial charge on any atom is 0.227 e. The minimum atomic E-state index is 0.188. The molecular weight excluding hydrogens is 324 g/mol. The van der Waals surface area contributed by atoms with Gasteiger partial charge in [-0.25, -0.2) is 0 Å². The van der Waals surface area contributed by atoms with Crippen molar-refractivity contribution in [1.29, 1.82) is 0 Å². The third-order valence-corrected chi connectivity index (χ3v) is 5.49. The zero-order chi connectivity index (χ0) is 17.9. The summed E-state index contributed by atoms with van der Waals surface area (Å²) in [5.41, 5.74) is 3.27. The van der Waals surface area contributed by atoms with E-state index in [2.05, 4.69) is 24.3 Å². The molecule has 134 valence electrons. The first-order valence-corrected chi connectivity index (χ1v) is 9.43. The number of nitrogens with zero attached hydrogens (tertiary/aromatic N) is 2. The monoisotopic (exact) mass is 348 g/mol. The fourth-order valence-electron chi connectivity index (χ4n) is 3.99. The van der Waals surface area contributed by atoms with E-state index >= 15 is 0 Å². The van der Waals surface area contributed by atoms with E-state index in [1.165, 1.54) is 5.56 Å². The van der Waals surface area contributed by atoms with Crippen molar-refractivity contribution in [2.45, 2.75) is 31.6 Å². The Kier molecular flexibility index (Phi) is 4.74. The molecule has 2 aromatic carbocycles. The van der Waals surface area contributed by atoms with Gasteiger partial charge in [-0.1, -0.05) is 42.5 Å². The van der Waals surface area contributed by atoms with Crippen molar-refractivity contribution in [3.05, 3.63) is 65.7 Å². The molecule has 0 N–H and O–H groups in total. The zero-order valence-corrected chi connectivity index (χ0v) is 14.9. The van der Waals surface area contributed by atoms with Gasteiger partial charge in [0.25, 0.3) is 0 Å². The molecule has 4 rings (SSSR count). The molecule has 0 spiro atoms. The van der Waals surface area contributed by atoms with Crippen molar-refractivity contribution in [1.82, 2.24) is 4.90 Å². The molecule has 0 bridgehead atoms. The molecule has 0 saturated carbocycles. The summed E-state index contributed by atoms with van der Waals surface area (Å²) in [6.07, 6.45) is 3.02. The molecule has 0 radical (unpaired) electrons. The third kappa shape index (κ3) is 3.50. The van der Waals surface area contributed by atoms with Crippen molar-refractivity contribution in [3.8, 4) is 0 Å². The Hall–Kier alpha value is -2.62. The van der Waals surface area contributed by atoms with Gasteiger partial charge >= 0.3 is 0 Å². The van der Waals surface area contributed by atoms with Gasteiger partial charge < -0.3 is 9.80 Å². The van der Waals surface area contributed by atoms with Gasteiger partial charge in [0.05, 0.1) is 6.42 Å². The Morgan fingerprint density at radius 3 is 2.46 bits per heavy atom. The fourth-order valence-corrected chi connectivity index (χ4v) is 3.99. The molecule has 2 heterocycles. The van der Waals surface area contributed by atoms with Gasteiger partial charge in [-0.05, 0) is 36.1 Å². The van der Waals surface area contributed by atoms with E-state index in [0.717, 1.165) is 43.7 Å². The van der Waals surface area contributed by atoms with Crippen LogP contribution in [0.25, 0.3) is 0 Å². The lowest BCUT2D eigenvalue weighted by Gasteiger charge is -2.18. The molecule has 2 aliphatic heterocycles. The van der Waals surface area contributed by atoms with Crippen LogP contribution in [0.4, 0.5) is 5.69 Å². The Labute approximate surface area is 154 Å². The second-order valence-electron chi connectivity index (χ2n) is 7.23. The molecule has 0 aromatic heterocycles. The van der Waals surface area contributed by atoms with Gasteiger partial charge in [-0.3, -0.25) is 9.59 Å². The van der Waals surface area contributed by atoms with Crippen molar-refractivity contribution >= 4 is 17.5 Å². The molecule has 2 aromatic rings. The second kappa shape index (κ2) is 7.32. The predicted molar refractivity (Wildman–Crippen MR) is 102 cm³/mol. The van der Waals surface area contributed by atoms with Gasteiger partial charge in [-0.2, -0.15) is 0 Å². The summed E-state index contributed by atoms with van der Waals surface area (Å²) in [4.78, 5) is 28.3. The van der Waals surface area contributed by atoms with Crippen LogP contribution >= 0.6 is 0 Å².